The van der Waals surface area contributed by atoms with Gasteiger partial charge in [0.15, 0.2) is 11.6 Å². The molecule has 9 heteroatoms. The third-order valence-electron chi connectivity index (χ3n) is 4.89. The van der Waals surface area contributed by atoms with Crippen LogP contribution >= 0.6 is 7.14 Å². The number of carbonyl (C=O) groups is 1. The first-order valence-corrected chi connectivity index (χ1v) is 12.1. The van der Waals surface area contributed by atoms with Crippen LogP contribution in [0.5, 0.6) is 0 Å². The highest BCUT2D eigenvalue weighted by atomic mass is 31.2. The lowest BCUT2D eigenvalue weighted by atomic mass is 10.0. The highest BCUT2D eigenvalue weighted by molar-refractivity contribution is 7.69. The largest absolute Gasteiger partial charge is 0.355 e. The van der Waals surface area contributed by atoms with E-state index in [0.717, 1.165) is 16.8 Å². The number of rotatable bonds is 7. The molecule has 0 radical (unpaired) electrons. The molecule has 30 heavy (non-hydrogen) atoms. The Morgan fingerprint density at radius 2 is 1.97 bits per heavy atom. The van der Waals surface area contributed by atoms with Gasteiger partial charge in [0.05, 0.1) is 22.4 Å². The standard InChI is InChI=1S/C21H24N5O3P/c1-6-19(27)15-12-22-20(25-28)10-17(15)23-16-9-7-8-14(13(16)2)18-11-21(26(3)24-18)30(4,5)29/h7-12H,6H2,1-5H3,(H,22,23). The molecule has 0 unspecified atom stereocenters. The van der Waals surface area contributed by atoms with Crippen LogP contribution in [-0.4, -0.2) is 33.9 Å². The van der Waals surface area contributed by atoms with Crippen LogP contribution in [0.1, 0.15) is 29.3 Å². The van der Waals surface area contributed by atoms with Crippen LogP contribution in [0, 0.1) is 11.8 Å². The van der Waals surface area contributed by atoms with Crippen LogP contribution in [-0.2, 0) is 11.6 Å². The minimum absolute atomic E-state index is 0.00465. The normalized spacial score (nSPS) is 11.4. The number of benzene rings is 1. The summed E-state index contributed by atoms with van der Waals surface area (Å²) in [6, 6.07) is 9.00. The van der Waals surface area contributed by atoms with Crippen molar-refractivity contribution in [1.82, 2.24) is 14.8 Å². The monoisotopic (exact) mass is 425 g/mol. The summed E-state index contributed by atoms with van der Waals surface area (Å²) in [5.74, 6) is -0.0951. The van der Waals surface area contributed by atoms with Gasteiger partial charge in [0.1, 0.15) is 7.14 Å². The number of nitrogens with one attached hydrogen (secondary N) is 1. The van der Waals surface area contributed by atoms with Gasteiger partial charge < -0.3 is 9.88 Å². The van der Waals surface area contributed by atoms with E-state index in [2.05, 4.69) is 20.6 Å². The lowest BCUT2D eigenvalue weighted by Crippen LogP contribution is -2.13. The fraction of sp³-hybridized carbons (Fsp3) is 0.286. The van der Waals surface area contributed by atoms with Gasteiger partial charge in [-0.25, -0.2) is 4.98 Å². The van der Waals surface area contributed by atoms with Gasteiger partial charge >= 0.3 is 0 Å². The van der Waals surface area contributed by atoms with Gasteiger partial charge in [0.25, 0.3) is 0 Å². The molecule has 0 atom stereocenters. The lowest BCUT2D eigenvalue weighted by Gasteiger charge is -2.15. The molecule has 2 aromatic heterocycles. The Hall–Kier alpha value is -3.12. The van der Waals surface area contributed by atoms with Gasteiger partial charge in [0.2, 0.25) is 0 Å². The summed E-state index contributed by atoms with van der Waals surface area (Å²) in [5, 5.41) is 10.7. The van der Waals surface area contributed by atoms with Crippen molar-refractivity contribution < 1.29 is 9.36 Å². The number of carbonyl (C=O) groups excluding carboxylic acids is 1. The van der Waals surface area contributed by atoms with Crippen molar-refractivity contribution in [2.24, 2.45) is 12.2 Å². The first kappa shape index (κ1) is 21.6. The van der Waals surface area contributed by atoms with Crippen LogP contribution in [0.4, 0.5) is 17.2 Å². The zero-order valence-corrected chi connectivity index (χ0v) is 18.5. The number of nitrogens with zero attached hydrogens (tertiary/aromatic N) is 4. The summed E-state index contributed by atoms with van der Waals surface area (Å²) < 4.78 is 14.2. The zero-order valence-electron chi connectivity index (χ0n) is 17.6. The number of pyridine rings is 1. The third-order valence-corrected chi connectivity index (χ3v) is 6.41. The van der Waals surface area contributed by atoms with Crippen LogP contribution in [0.15, 0.2) is 41.7 Å². The van der Waals surface area contributed by atoms with E-state index < -0.39 is 7.14 Å². The van der Waals surface area contributed by atoms with Crippen molar-refractivity contribution >= 4 is 35.6 Å². The molecule has 1 N–H and O–H groups in total. The van der Waals surface area contributed by atoms with Gasteiger partial charge in [-0.15, -0.1) is 4.91 Å². The van der Waals surface area contributed by atoms with Crippen molar-refractivity contribution in [1.29, 1.82) is 0 Å². The summed E-state index contributed by atoms with van der Waals surface area (Å²) in [6.07, 6.45) is 1.68. The average molecular weight is 425 g/mol. The van der Waals surface area contributed by atoms with Crippen LogP contribution < -0.4 is 10.8 Å². The Balaban J connectivity index is 2.06. The van der Waals surface area contributed by atoms with Crippen molar-refractivity contribution in [2.45, 2.75) is 20.3 Å². The Bertz CT molecular complexity index is 1180. The molecule has 3 rings (SSSR count). The van der Waals surface area contributed by atoms with Crippen molar-refractivity contribution in [3.8, 4) is 11.3 Å². The van der Waals surface area contributed by atoms with E-state index in [-0.39, 0.29) is 11.6 Å². The number of nitroso groups, excluding NO2 is 1. The summed E-state index contributed by atoms with van der Waals surface area (Å²) >= 11 is 0. The fourth-order valence-corrected chi connectivity index (χ4v) is 4.47. The molecule has 0 bridgehead atoms. The Labute approximate surface area is 175 Å². The van der Waals surface area contributed by atoms with E-state index in [4.69, 9.17) is 0 Å². The molecule has 0 fully saturated rings. The average Bonchev–Trinajstić information content (AvgIpc) is 3.10. The molecule has 0 saturated heterocycles. The minimum Gasteiger partial charge on any atom is -0.355 e. The molecule has 0 spiro atoms. The second-order valence-electron chi connectivity index (χ2n) is 7.42. The highest BCUT2D eigenvalue weighted by Gasteiger charge is 2.20. The topological polar surface area (TPSA) is 106 Å². The number of aryl methyl sites for hydroxylation is 1. The number of ketones is 1. The first-order valence-electron chi connectivity index (χ1n) is 9.49. The summed E-state index contributed by atoms with van der Waals surface area (Å²) in [7, 11) is -0.686. The Morgan fingerprint density at radius 1 is 1.23 bits per heavy atom. The number of hydrogen-bond donors (Lipinski definition) is 1. The molecule has 2 heterocycles. The molecule has 1 aromatic carbocycles. The van der Waals surface area contributed by atoms with E-state index in [0.29, 0.717) is 28.8 Å². The second-order valence-corrected chi connectivity index (χ2v) is 10.6. The third kappa shape index (κ3) is 4.24. The number of aromatic nitrogens is 3. The highest BCUT2D eigenvalue weighted by Crippen LogP contribution is 2.37. The van der Waals surface area contributed by atoms with Gasteiger partial charge in [-0.2, -0.15) is 5.10 Å². The van der Waals surface area contributed by atoms with Gasteiger partial charge in [-0.3, -0.25) is 9.48 Å². The van der Waals surface area contributed by atoms with Crippen molar-refractivity contribution in [3.05, 3.63) is 52.6 Å². The van der Waals surface area contributed by atoms with E-state index in [1.807, 2.05) is 31.2 Å². The van der Waals surface area contributed by atoms with Crippen LogP contribution in [0.2, 0.25) is 0 Å². The van der Waals surface area contributed by atoms with Crippen molar-refractivity contribution in [2.75, 3.05) is 18.6 Å². The van der Waals surface area contributed by atoms with Gasteiger partial charge in [-0.1, -0.05) is 19.1 Å². The predicted octanol–water partition coefficient (Wildman–Crippen LogP) is 4.77. The molecule has 0 aliphatic carbocycles. The Morgan fingerprint density at radius 3 is 2.57 bits per heavy atom. The maximum Gasteiger partial charge on any atom is 0.198 e. The van der Waals surface area contributed by atoms with Crippen molar-refractivity contribution in [3.63, 3.8) is 0 Å². The quantitative estimate of drug-likeness (QED) is 0.332. The van der Waals surface area contributed by atoms with E-state index in [1.54, 1.807) is 32.0 Å². The maximum absolute atomic E-state index is 12.5. The second kappa shape index (κ2) is 8.32. The SMILES string of the molecule is CCC(=O)c1cnc(N=O)cc1Nc1cccc(-c2cc(P(C)(C)=O)n(C)n2)c1C. The van der Waals surface area contributed by atoms with Crippen LogP contribution in [0.3, 0.4) is 0 Å². The smallest absolute Gasteiger partial charge is 0.198 e. The lowest BCUT2D eigenvalue weighted by molar-refractivity contribution is 0.0988. The summed E-state index contributed by atoms with van der Waals surface area (Å²) in [6.45, 7) is 7.13. The summed E-state index contributed by atoms with van der Waals surface area (Å²) in [5.41, 5.74) is 4.81. The Kier molecular flexibility index (Phi) is 5.99. The molecule has 8 nitrogen and oxygen atoms in total. The molecule has 3 aromatic rings. The molecule has 0 aliphatic rings. The minimum atomic E-state index is -2.47. The van der Waals surface area contributed by atoms with Gasteiger partial charge in [-0.05, 0) is 43.1 Å². The zero-order chi connectivity index (χ0) is 22.1. The number of hydrogen-bond acceptors (Lipinski definition) is 7. The maximum atomic E-state index is 12.5. The van der Waals surface area contributed by atoms with E-state index in [9.17, 15) is 14.3 Å². The molecular weight excluding hydrogens is 401 g/mol. The fourth-order valence-electron chi connectivity index (χ4n) is 3.30. The van der Waals surface area contributed by atoms with Gasteiger partial charge in [0, 0.05) is 37.0 Å². The van der Waals surface area contributed by atoms with Crippen LogP contribution in [0.25, 0.3) is 11.3 Å². The molecule has 0 amide bonds. The van der Waals surface area contributed by atoms with E-state index in [1.165, 1.54) is 12.3 Å². The predicted molar refractivity (Wildman–Crippen MR) is 120 cm³/mol. The van der Waals surface area contributed by atoms with E-state index >= 15 is 0 Å². The first-order chi connectivity index (χ1) is 14.2. The molecule has 0 saturated carbocycles. The number of anilines is 2. The molecule has 0 aliphatic heterocycles. The molecule has 156 valence electrons. The number of Topliss-reactive ketones (excluding diaryl/α,β-unsaturated/α-hetero) is 1. The molecular formula is C21H24N5O3P. The summed E-state index contributed by atoms with van der Waals surface area (Å²) in [4.78, 5) is 27.1.